The first-order valence-electron chi connectivity index (χ1n) is 7.05. The Morgan fingerprint density at radius 2 is 1.57 bits per heavy atom. The van der Waals surface area contributed by atoms with Crippen molar-refractivity contribution in [2.75, 3.05) is 7.05 Å². The molecule has 0 radical (unpaired) electrons. The van der Waals surface area contributed by atoms with Crippen LogP contribution in [0.25, 0.3) is 11.0 Å². The number of hydrogen-bond acceptors (Lipinski definition) is 2. The summed E-state index contributed by atoms with van der Waals surface area (Å²) in [4.78, 5) is 16.9. The number of aromatic amines is 2. The van der Waals surface area contributed by atoms with Gasteiger partial charge in [0.15, 0.2) is 0 Å². The van der Waals surface area contributed by atoms with Crippen molar-refractivity contribution in [1.82, 2.24) is 15.3 Å². The number of H-pyrrole nitrogens is 2. The van der Waals surface area contributed by atoms with Crippen LogP contribution in [0.2, 0.25) is 0 Å². The van der Waals surface area contributed by atoms with Gasteiger partial charge >= 0.3 is 5.69 Å². The topological polar surface area (TPSA) is 60.7 Å². The van der Waals surface area contributed by atoms with E-state index in [-0.39, 0.29) is 11.7 Å². The Morgan fingerprint density at radius 3 is 2.29 bits per heavy atom. The number of rotatable bonds is 3. The molecule has 3 aromatic rings. The van der Waals surface area contributed by atoms with Crippen LogP contribution in [-0.2, 0) is 0 Å². The summed E-state index contributed by atoms with van der Waals surface area (Å²) >= 11 is 0. The fourth-order valence-corrected chi connectivity index (χ4v) is 2.70. The van der Waals surface area contributed by atoms with Crippen LogP contribution in [0, 0.1) is 13.8 Å². The Labute approximate surface area is 123 Å². The molecule has 3 rings (SSSR count). The van der Waals surface area contributed by atoms with Gasteiger partial charge < -0.3 is 15.3 Å². The van der Waals surface area contributed by atoms with Gasteiger partial charge in [0, 0.05) is 0 Å². The Morgan fingerprint density at radius 1 is 0.905 bits per heavy atom. The molecule has 0 aliphatic rings. The Hall–Kier alpha value is -2.33. The average Bonchev–Trinajstić information content (AvgIpc) is 2.83. The number of aromatic nitrogens is 2. The third-order valence-corrected chi connectivity index (χ3v) is 4.03. The lowest BCUT2D eigenvalue weighted by Crippen LogP contribution is -2.17. The van der Waals surface area contributed by atoms with Gasteiger partial charge in [-0.1, -0.05) is 24.3 Å². The zero-order chi connectivity index (χ0) is 15.0. The van der Waals surface area contributed by atoms with Gasteiger partial charge in [-0.05, 0) is 55.3 Å². The first-order valence-corrected chi connectivity index (χ1v) is 7.05. The summed E-state index contributed by atoms with van der Waals surface area (Å²) in [5.74, 6) is 0. The Balaban J connectivity index is 2.08. The number of nitrogens with one attached hydrogen (secondary N) is 3. The van der Waals surface area contributed by atoms with E-state index < -0.39 is 0 Å². The zero-order valence-corrected chi connectivity index (χ0v) is 12.4. The molecule has 1 aromatic heterocycles. The second kappa shape index (κ2) is 5.22. The molecule has 1 atom stereocenters. The Kier molecular flexibility index (Phi) is 3.39. The van der Waals surface area contributed by atoms with Crippen LogP contribution in [0.5, 0.6) is 0 Å². The molecule has 3 N–H and O–H groups in total. The van der Waals surface area contributed by atoms with Crippen molar-refractivity contribution in [2.45, 2.75) is 19.9 Å². The van der Waals surface area contributed by atoms with Crippen molar-refractivity contribution in [3.63, 3.8) is 0 Å². The van der Waals surface area contributed by atoms with E-state index >= 15 is 0 Å². The van der Waals surface area contributed by atoms with Crippen molar-refractivity contribution >= 4 is 11.0 Å². The van der Waals surface area contributed by atoms with E-state index in [1.807, 2.05) is 25.2 Å². The molecule has 0 amide bonds. The summed E-state index contributed by atoms with van der Waals surface area (Å²) in [6, 6.07) is 12.6. The third kappa shape index (κ3) is 2.50. The second-order valence-corrected chi connectivity index (χ2v) is 5.45. The number of fused-ring (bicyclic) bond motifs is 1. The molecule has 1 unspecified atom stereocenters. The van der Waals surface area contributed by atoms with Gasteiger partial charge in [-0.2, -0.15) is 0 Å². The summed E-state index contributed by atoms with van der Waals surface area (Å²) in [5.41, 5.74) is 6.42. The predicted octanol–water partition coefficient (Wildman–Crippen LogP) is 2.78. The molecule has 1 heterocycles. The summed E-state index contributed by atoms with van der Waals surface area (Å²) in [6.45, 7) is 4.24. The number of hydrogen-bond donors (Lipinski definition) is 3. The van der Waals surface area contributed by atoms with Crippen LogP contribution in [0.15, 0.2) is 41.2 Å². The maximum atomic E-state index is 11.4. The van der Waals surface area contributed by atoms with Gasteiger partial charge in [0.2, 0.25) is 0 Å². The molecule has 2 aromatic carbocycles. The van der Waals surface area contributed by atoms with Gasteiger partial charge in [0.05, 0.1) is 17.1 Å². The third-order valence-electron chi connectivity index (χ3n) is 4.03. The molecular formula is C17H19N3O. The number of benzene rings is 2. The highest BCUT2D eigenvalue weighted by Gasteiger charge is 2.13. The lowest BCUT2D eigenvalue weighted by Gasteiger charge is -2.18. The average molecular weight is 281 g/mol. The monoisotopic (exact) mass is 281 g/mol. The predicted molar refractivity (Wildman–Crippen MR) is 85.7 cm³/mol. The molecule has 4 heteroatoms. The van der Waals surface area contributed by atoms with Crippen LogP contribution in [0.1, 0.15) is 28.3 Å². The van der Waals surface area contributed by atoms with Crippen LogP contribution in [0.3, 0.4) is 0 Å². The van der Waals surface area contributed by atoms with Crippen molar-refractivity contribution in [2.24, 2.45) is 0 Å². The minimum absolute atomic E-state index is 0.104. The fourth-order valence-electron chi connectivity index (χ4n) is 2.70. The van der Waals surface area contributed by atoms with Gasteiger partial charge in [-0.3, -0.25) is 0 Å². The van der Waals surface area contributed by atoms with Crippen LogP contribution in [0.4, 0.5) is 0 Å². The fraction of sp³-hybridized carbons (Fsp3) is 0.235. The van der Waals surface area contributed by atoms with E-state index in [9.17, 15) is 4.79 Å². The Bertz CT molecular complexity index is 845. The van der Waals surface area contributed by atoms with E-state index in [4.69, 9.17) is 0 Å². The SMILES string of the molecule is CNC(c1ccc(C)c(C)c1)c1ccc2[nH]c(=O)[nH]c2c1. The summed E-state index contributed by atoms with van der Waals surface area (Å²) in [6.07, 6.45) is 0. The van der Waals surface area contributed by atoms with Gasteiger partial charge in [-0.25, -0.2) is 4.79 Å². The van der Waals surface area contributed by atoms with Crippen LogP contribution < -0.4 is 11.0 Å². The molecule has 0 saturated carbocycles. The minimum atomic E-state index is -0.172. The molecule has 0 aliphatic carbocycles. The van der Waals surface area contributed by atoms with E-state index in [2.05, 4.69) is 47.3 Å². The highest BCUT2D eigenvalue weighted by Crippen LogP contribution is 2.25. The second-order valence-electron chi connectivity index (χ2n) is 5.45. The largest absolute Gasteiger partial charge is 0.323 e. The maximum Gasteiger partial charge on any atom is 0.323 e. The normalized spacial score (nSPS) is 12.7. The molecule has 0 spiro atoms. The summed E-state index contributed by atoms with van der Waals surface area (Å²) < 4.78 is 0. The van der Waals surface area contributed by atoms with E-state index in [0.717, 1.165) is 16.6 Å². The number of imidazole rings is 1. The lowest BCUT2D eigenvalue weighted by atomic mass is 9.95. The maximum absolute atomic E-state index is 11.4. The molecule has 0 fully saturated rings. The lowest BCUT2D eigenvalue weighted by molar-refractivity contribution is 0.692. The smallest absolute Gasteiger partial charge is 0.309 e. The van der Waals surface area contributed by atoms with E-state index in [1.165, 1.54) is 16.7 Å². The summed E-state index contributed by atoms with van der Waals surface area (Å²) in [5, 5.41) is 3.35. The van der Waals surface area contributed by atoms with Crippen molar-refractivity contribution in [3.8, 4) is 0 Å². The molecule has 4 nitrogen and oxygen atoms in total. The highest BCUT2D eigenvalue weighted by atomic mass is 16.1. The summed E-state index contributed by atoms with van der Waals surface area (Å²) in [7, 11) is 1.95. The van der Waals surface area contributed by atoms with Gasteiger partial charge in [-0.15, -0.1) is 0 Å². The van der Waals surface area contributed by atoms with Crippen molar-refractivity contribution < 1.29 is 0 Å². The van der Waals surface area contributed by atoms with E-state index in [1.54, 1.807) is 0 Å². The minimum Gasteiger partial charge on any atom is -0.309 e. The van der Waals surface area contributed by atoms with Crippen molar-refractivity contribution in [1.29, 1.82) is 0 Å². The molecule has 21 heavy (non-hydrogen) atoms. The van der Waals surface area contributed by atoms with Gasteiger partial charge in [0.25, 0.3) is 0 Å². The molecule has 108 valence electrons. The van der Waals surface area contributed by atoms with Crippen LogP contribution >= 0.6 is 0 Å². The quantitative estimate of drug-likeness (QED) is 0.691. The number of aryl methyl sites for hydroxylation is 2. The van der Waals surface area contributed by atoms with Crippen molar-refractivity contribution in [3.05, 3.63) is 69.1 Å². The standard InChI is InChI=1S/C17H19N3O/c1-10-4-5-12(8-11(10)2)16(18-3)13-6-7-14-15(9-13)20-17(21)19-14/h4-9,16,18H,1-3H3,(H2,19,20,21). The molecule has 0 aliphatic heterocycles. The zero-order valence-electron chi connectivity index (χ0n) is 12.4. The van der Waals surface area contributed by atoms with Crippen LogP contribution in [-0.4, -0.2) is 17.0 Å². The first kappa shape index (κ1) is 13.6. The molecule has 0 saturated heterocycles. The van der Waals surface area contributed by atoms with Gasteiger partial charge in [0.1, 0.15) is 0 Å². The first-order chi connectivity index (χ1) is 10.1. The van der Waals surface area contributed by atoms with E-state index in [0.29, 0.717) is 0 Å². The molecular weight excluding hydrogens is 262 g/mol. The molecule has 0 bridgehead atoms. The highest BCUT2D eigenvalue weighted by molar-refractivity contribution is 5.75.